The summed E-state index contributed by atoms with van der Waals surface area (Å²) < 4.78 is 5.46. The second kappa shape index (κ2) is 8.43. The van der Waals surface area contributed by atoms with Crippen molar-refractivity contribution < 1.29 is 9.21 Å². The van der Waals surface area contributed by atoms with Crippen LogP contribution in [0, 0.1) is 11.3 Å². The summed E-state index contributed by atoms with van der Waals surface area (Å²) in [7, 11) is 0. The van der Waals surface area contributed by atoms with Gasteiger partial charge < -0.3 is 4.42 Å². The van der Waals surface area contributed by atoms with Gasteiger partial charge in [-0.25, -0.2) is 10.2 Å². The first kappa shape index (κ1) is 19.7. The fourth-order valence-corrected chi connectivity index (χ4v) is 3.16. The summed E-state index contributed by atoms with van der Waals surface area (Å²) in [6.45, 7) is 1.58. The van der Waals surface area contributed by atoms with Crippen LogP contribution in [0.15, 0.2) is 86.9 Å². The van der Waals surface area contributed by atoms with Crippen LogP contribution in [-0.2, 0) is 4.79 Å². The third kappa shape index (κ3) is 4.09. The molecule has 2 heterocycles. The van der Waals surface area contributed by atoms with Gasteiger partial charge in [0.2, 0.25) is 0 Å². The zero-order chi connectivity index (χ0) is 21.8. The number of carbonyl (C=O) groups excluding carboxylic acids is 1. The van der Waals surface area contributed by atoms with Crippen LogP contribution in [0.4, 0.5) is 0 Å². The lowest BCUT2D eigenvalue weighted by Gasteiger charge is -2.06. The van der Waals surface area contributed by atoms with E-state index in [2.05, 4.69) is 15.5 Å². The van der Waals surface area contributed by atoms with E-state index in [-0.39, 0.29) is 16.8 Å². The number of hydrogen-bond donors (Lipinski definition) is 1. The number of fused-ring (bicyclic) bond motifs is 3. The lowest BCUT2D eigenvalue weighted by Crippen LogP contribution is -2.22. The molecule has 7 nitrogen and oxygen atoms in total. The molecule has 0 saturated heterocycles. The minimum atomic E-state index is -0.693. The molecule has 2 aromatic carbocycles. The molecule has 0 unspecified atom stereocenters. The molecule has 0 radical (unpaired) electrons. The van der Waals surface area contributed by atoms with Crippen molar-refractivity contribution >= 4 is 39.4 Å². The van der Waals surface area contributed by atoms with Crippen molar-refractivity contribution in [2.45, 2.75) is 6.92 Å². The largest absolute Gasteiger partial charge is 0.422 e. The smallest absolute Gasteiger partial charge is 0.345 e. The third-order valence-corrected chi connectivity index (χ3v) is 4.72. The molecule has 0 aliphatic carbocycles. The molecule has 1 N–H and O–H groups in total. The Labute approximate surface area is 177 Å². The van der Waals surface area contributed by atoms with Gasteiger partial charge in [-0.1, -0.05) is 36.4 Å². The predicted octanol–water partition coefficient (Wildman–Crippen LogP) is 3.79. The van der Waals surface area contributed by atoms with Crippen LogP contribution >= 0.6 is 0 Å². The van der Waals surface area contributed by atoms with Gasteiger partial charge in [-0.3, -0.25) is 9.78 Å². The van der Waals surface area contributed by atoms with Crippen LogP contribution in [0.1, 0.15) is 18.1 Å². The maximum atomic E-state index is 12.5. The van der Waals surface area contributed by atoms with E-state index in [1.54, 1.807) is 37.4 Å². The first-order valence-corrected chi connectivity index (χ1v) is 9.39. The monoisotopic (exact) mass is 408 g/mol. The highest BCUT2D eigenvalue weighted by atomic mass is 16.4. The summed E-state index contributed by atoms with van der Waals surface area (Å²) in [4.78, 5) is 28.8. The standard InChI is InChI=1S/C24H16N4O3/c1-15(27-28-23(29)18(13-25)11-16-5-4-10-26-14-16)20-12-21-19-7-3-2-6-17(19)8-9-22(21)31-24(20)30/h2-12,14H,1H3,(H,28,29)/b18-11+,27-15+. The van der Waals surface area contributed by atoms with Crippen molar-refractivity contribution in [3.63, 3.8) is 0 Å². The number of aromatic nitrogens is 1. The summed E-state index contributed by atoms with van der Waals surface area (Å²) in [5.74, 6) is -0.693. The van der Waals surface area contributed by atoms with E-state index in [0.717, 1.165) is 16.2 Å². The van der Waals surface area contributed by atoms with Crippen molar-refractivity contribution in [3.05, 3.63) is 94.1 Å². The molecule has 0 aliphatic heterocycles. The first-order chi connectivity index (χ1) is 15.1. The highest BCUT2D eigenvalue weighted by molar-refractivity contribution is 6.09. The molecule has 4 aromatic rings. The maximum absolute atomic E-state index is 12.5. The number of hydrogen-bond acceptors (Lipinski definition) is 6. The Balaban J connectivity index is 1.66. The number of hydrazone groups is 1. The van der Waals surface area contributed by atoms with E-state index >= 15 is 0 Å². The molecule has 4 rings (SSSR count). The van der Waals surface area contributed by atoms with E-state index in [4.69, 9.17) is 4.42 Å². The zero-order valence-corrected chi connectivity index (χ0v) is 16.5. The Hall–Kier alpha value is -4.57. The second-order valence-corrected chi connectivity index (χ2v) is 6.74. The van der Waals surface area contributed by atoms with Gasteiger partial charge in [-0.05, 0) is 47.5 Å². The van der Waals surface area contributed by atoms with Gasteiger partial charge >= 0.3 is 5.63 Å². The van der Waals surface area contributed by atoms with E-state index in [0.29, 0.717) is 11.1 Å². The third-order valence-electron chi connectivity index (χ3n) is 4.72. The molecule has 0 fully saturated rings. The van der Waals surface area contributed by atoms with Gasteiger partial charge in [-0.2, -0.15) is 10.4 Å². The Morgan fingerprint density at radius 3 is 2.77 bits per heavy atom. The highest BCUT2D eigenvalue weighted by Gasteiger charge is 2.12. The number of benzene rings is 2. The quantitative estimate of drug-likeness (QED) is 0.138. The zero-order valence-electron chi connectivity index (χ0n) is 16.5. The van der Waals surface area contributed by atoms with Crippen molar-refractivity contribution in [1.29, 1.82) is 5.26 Å². The van der Waals surface area contributed by atoms with Gasteiger partial charge in [0.1, 0.15) is 17.2 Å². The van der Waals surface area contributed by atoms with E-state index in [1.165, 1.54) is 12.3 Å². The Morgan fingerprint density at radius 1 is 1.16 bits per heavy atom. The molecule has 0 atom stereocenters. The van der Waals surface area contributed by atoms with Crippen LogP contribution in [0.25, 0.3) is 27.8 Å². The molecule has 31 heavy (non-hydrogen) atoms. The number of rotatable bonds is 4. The summed E-state index contributed by atoms with van der Waals surface area (Å²) >= 11 is 0. The fourth-order valence-electron chi connectivity index (χ4n) is 3.16. The molecular weight excluding hydrogens is 392 g/mol. The lowest BCUT2D eigenvalue weighted by molar-refractivity contribution is -0.117. The lowest BCUT2D eigenvalue weighted by atomic mass is 10.0. The fraction of sp³-hybridized carbons (Fsp3) is 0.0417. The van der Waals surface area contributed by atoms with Crippen molar-refractivity contribution in [1.82, 2.24) is 10.4 Å². The Morgan fingerprint density at radius 2 is 2.00 bits per heavy atom. The number of carbonyl (C=O) groups is 1. The van der Waals surface area contributed by atoms with Crippen LogP contribution in [-0.4, -0.2) is 16.6 Å². The second-order valence-electron chi connectivity index (χ2n) is 6.74. The Bertz CT molecular complexity index is 1460. The summed E-state index contributed by atoms with van der Waals surface area (Å²) in [6, 6.07) is 18.4. The Kier molecular flexibility index (Phi) is 5.37. The molecule has 0 saturated carbocycles. The molecule has 0 bridgehead atoms. The molecule has 2 aromatic heterocycles. The minimum Gasteiger partial charge on any atom is -0.422 e. The molecule has 1 amide bonds. The van der Waals surface area contributed by atoms with Crippen LogP contribution in [0.3, 0.4) is 0 Å². The summed E-state index contributed by atoms with van der Waals surface area (Å²) in [5, 5.41) is 16.0. The minimum absolute atomic E-state index is 0.138. The number of pyridine rings is 1. The van der Waals surface area contributed by atoms with Crippen LogP contribution in [0.5, 0.6) is 0 Å². The maximum Gasteiger partial charge on any atom is 0.345 e. The van der Waals surface area contributed by atoms with Gasteiger partial charge in [0.25, 0.3) is 5.91 Å². The molecule has 7 heteroatoms. The first-order valence-electron chi connectivity index (χ1n) is 9.39. The molecule has 0 aliphatic rings. The van der Waals surface area contributed by atoms with Gasteiger partial charge in [-0.15, -0.1) is 0 Å². The van der Waals surface area contributed by atoms with Crippen molar-refractivity contribution in [2.75, 3.05) is 0 Å². The molecular formula is C24H16N4O3. The van der Waals surface area contributed by atoms with Crippen LogP contribution in [0.2, 0.25) is 0 Å². The van der Waals surface area contributed by atoms with E-state index < -0.39 is 11.5 Å². The van der Waals surface area contributed by atoms with E-state index in [1.807, 2.05) is 36.4 Å². The average molecular weight is 408 g/mol. The highest BCUT2D eigenvalue weighted by Crippen LogP contribution is 2.25. The predicted molar refractivity (Wildman–Crippen MR) is 118 cm³/mol. The number of nitrogens with zero attached hydrogens (tertiary/aromatic N) is 3. The van der Waals surface area contributed by atoms with Crippen molar-refractivity contribution in [3.8, 4) is 6.07 Å². The van der Waals surface area contributed by atoms with E-state index in [9.17, 15) is 14.9 Å². The normalized spacial score (nSPS) is 12.0. The van der Waals surface area contributed by atoms with Gasteiger partial charge in [0.05, 0.1) is 11.3 Å². The molecule has 0 spiro atoms. The number of amides is 1. The van der Waals surface area contributed by atoms with Gasteiger partial charge in [0, 0.05) is 17.8 Å². The van der Waals surface area contributed by atoms with Gasteiger partial charge in [0.15, 0.2) is 0 Å². The summed E-state index contributed by atoms with van der Waals surface area (Å²) in [6.07, 6.45) is 4.53. The summed E-state index contributed by atoms with van der Waals surface area (Å²) in [5.41, 5.74) is 3.18. The SMILES string of the molecule is C/C(=N\NC(=O)/C(C#N)=C/c1cccnc1)c1cc2c(ccc3ccccc32)oc1=O. The van der Waals surface area contributed by atoms with Crippen LogP contribution < -0.4 is 11.1 Å². The topological polar surface area (TPSA) is 108 Å². The molecule has 150 valence electrons. The average Bonchev–Trinajstić information content (AvgIpc) is 2.80. The number of nitrogens with one attached hydrogen (secondary N) is 1. The van der Waals surface area contributed by atoms with Crippen molar-refractivity contribution in [2.24, 2.45) is 5.10 Å². The number of nitriles is 1.